The van der Waals surface area contributed by atoms with E-state index in [0.717, 1.165) is 11.6 Å². The summed E-state index contributed by atoms with van der Waals surface area (Å²) < 4.78 is 42.3. The van der Waals surface area contributed by atoms with E-state index in [0.29, 0.717) is 33.2 Å². The number of ether oxygens (including phenoxy) is 1. The van der Waals surface area contributed by atoms with Gasteiger partial charge in [0, 0.05) is 27.9 Å². The van der Waals surface area contributed by atoms with Crippen molar-refractivity contribution in [3.8, 4) is 17.0 Å². The molecular formula is C21H16ClF3N4O2S. The normalized spacial score (nSPS) is 16.5. The molecule has 1 aliphatic heterocycles. The van der Waals surface area contributed by atoms with Crippen molar-refractivity contribution in [3.63, 3.8) is 0 Å². The van der Waals surface area contributed by atoms with Crippen LogP contribution >= 0.6 is 22.9 Å². The molecule has 1 atom stereocenters. The van der Waals surface area contributed by atoms with Crippen LogP contribution < -0.4 is 21.1 Å². The average Bonchev–Trinajstić information content (AvgIpc) is 3.18. The van der Waals surface area contributed by atoms with Crippen LogP contribution in [0.5, 0.6) is 5.75 Å². The summed E-state index contributed by atoms with van der Waals surface area (Å²) in [5.41, 5.74) is 9.45. The quantitative estimate of drug-likeness (QED) is 0.416. The monoisotopic (exact) mass is 480 g/mol. The van der Waals surface area contributed by atoms with Crippen molar-refractivity contribution in [2.24, 2.45) is 0 Å². The zero-order valence-electron chi connectivity index (χ0n) is 16.5. The van der Waals surface area contributed by atoms with E-state index in [2.05, 4.69) is 20.4 Å². The molecule has 4 rings (SSSR count). The van der Waals surface area contributed by atoms with Crippen molar-refractivity contribution in [1.82, 2.24) is 15.6 Å². The molecule has 0 fully saturated rings. The number of nitrogen functional groups attached to an aromatic ring is 1. The van der Waals surface area contributed by atoms with E-state index in [-0.39, 0.29) is 5.02 Å². The Morgan fingerprint density at radius 2 is 1.91 bits per heavy atom. The van der Waals surface area contributed by atoms with E-state index in [4.69, 9.17) is 17.3 Å². The van der Waals surface area contributed by atoms with Crippen LogP contribution in [0.4, 0.5) is 23.7 Å². The first-order valence-corrected chi connectivity index (χ1v) is 10.5. The second-order valence-electron chi connectivity index (χ2n) is 6.97. The Labute approximate surface area is 189 Å². The standard InChI is InChI=1S/C21H16ClF3N4O2S/c1-10-17(19-28-15(9-32-19)11-2-5-13(26)6-3-11)18(29-20(30)27-10)12-4-7-14(22)16(8-12)31-21(23,24)25/h2-9,18H,26H2,1H3,(H2,27,29,30). The van der Waals surface area contributed by atoms with Crippen molar-refractivity contribution in [2.75, 3.05) is 5.73 Å². The summed E-state index contributed by atoms with van der Waals surface area (Å²) in [5, 5.41) is 7.68. The number of alkyl halides is 3. The van der Waals surface area contributed by atoms with Crippen molar-refractivity contribution in [3.05, 3.63) is 69.1 Å². The Balaban J connectivity index is 1.74. The number of nitrogens with two attached hydrogens (primary N) is 1. The van der Waals surface area contributed by atoms with Gasteiger partial charge in [0.2, 0.25) is 0 Å². The molecule has 0 spiro atoms. The first-order valence-electron chi connectivity index (χ1n) is 9.26. The van der Waals surface area contributed by atoms with Gasteiger partial charge in [0.05, 0.1) is 16.8 Å². The molecule has 1 aliphatic rings. The Morgan fingerprint density at radius 3 is 2.59 bits per heavy atom. The third-order valence-corrected chi connectivity index (χ3v) is 5.91. The summed E-state index contributed by atoms with van der Waals surface area (Å²) in [5.74, 6) is -0.553. The Hall–Kier alpha value is -3.24. The zero-order chi connectivity index (χ0) is 23.0. The maximum Gasteiger partial charge on any atom is 0.573 e. The molecule has 4 N–H and O–H groups in total. The van der Waals surface area contributed by atoms with Crippen LogP contribution in [0.1, 0.15) is 23.5 Å². The van der Waals surface area contributed by atoms with E-state index in [1.54, 1.807) is 19.1 Å². The zero-order valence-corrected chi connectivity index (χ0v) is 18.0. The summed E-state index contributed by atoms with van der Waals surface area (Å²) in [6.07, 6.45) is -4.91. The van der Waals surface area contributed by atoms with Gasteiger partial charge < -0.3 is 21.1 Å². The molecule has 166 valence electrons. The number of halogens is 4. The van der Waals surface area contributed by atoms with Crippen LogP contribution in [0.25, 0.3) is 16.8 Å². The summed E-state index contributed by atoms with van der Waals surface area (Å²) in [6, 6.07) is 9.95. The predicted octanol–water partition coefficient (Wildman–Crippen LogP) is 5.73. The number of urea groups is 1. The van der Waals surface area contributed by atoms with E-state index in [9.17, 15) is 18.0 Å². The molecule has 1 unspecified atom stereocenters. The molecule has 0 radical (unpaired) electrons. The summed E-state index contributed by atoms with van der Waals surface area (Å²) in [4.78, 5) is 16.8. The number of nitrogens with zero attached hydrogens (tertiary/aromatic N) is 1. The molecular weight excluding hydrogens is 465 g/mol. The first-order chi connectivity index (χ1) is 15.1. The van der Waals surface area contributed by atoms with Crippen molar-refractivity contribution < 1.29 is 22.7 Å². The highest BCUT2D eigenvalue weighted by Crippen LogP contribution is 2.40. The second kappa shape index (κ2) is 8.36. The molecule has 2 heterocycles. The van der Waals surface area contributed by atoms with Gasteiger partial charge in [-0.15, -0.1) is 24.5 Å². The Morgan fingerprint density at radius 1 is 1.19 bits per heavy atom. The van der Waals surface area contributed by atoms with Gasteiger partial charge in [-0.05, 0) is 36.8 Å². The number of benzene rings is 2. The largest absolute Gasteiger partial charge is 0.573 e. The van der Waals surface area contributed by atoms with Crippen molar-refractivity contribution in [2.45, 2.75) is 19.3 Å². The Bertz CT molecular complexity index is 1210. The number of hydrogen-bond acceptors (Lipinski definition) is 5. The molecule has 2 amide bonds. The van der Waals surface area contributed by atoms with E-state index < -0.39 is 24.2 Å². The number of allylic oxidation sites excluding steroid dienone is 1. The molecule has 11 heteroatoms. The van der Waals surface area contributed by atoms with Crippen molar-refractivity contribution >= 4 is 40.2 Å². The number of nitrogens with one attached hydrogen (secondary N) is 2. The summed E-state index contributed by atoms with van der Waals surface area (Å²) in [6.45, 7) is 1.70. The van der Waals surface area contributed by atoms with Crippen LogP contribution in [0, 0.1) is 0 Å². The lowest BCUT2D eigenvalue weighted by Crippen LogP contribution is -2.42. The third kappa shape index (κ3) is 4.66. The highest BCUT2D eigenvalue weighted by Gasteiger charge is 2.34. The molecule has 6 nitrogen and oxygen atoms in total. The number of thiazole rings is 1. The molecule has 0 saturated heterocycles. The van der Waals surface area contributed by atoms with E-state index in [1.807, 2.05) is 17.5 Å². The van der Waals surface area contributed by atoms with Crippen LogP contribution in [0.3, 0.4) is 0 Å². The van der Waals surface area contributed by atoms with Crippen LogP contribution in [0.2, 0.25) is 5.02 Å². The third-order valence-electron chi connectivity index (χ3n) is 4.72. The van der Waals surface area contributed by atoms with Crippen LogP contribution in [-0.4, -0.2) is 17.4 Å². The molecule has 32 heavy (non-hydrogen) atoms. The van der Waals surface area contributed by atoms with Gasteiger partial charge in [-0.1, -0.05) is 29.8 Å². The van der Waals surface area contributed by atoms with Gasteiger partial charge >= 0.3 is 12.4 Å². The van der Waals surface area contributed by atoms with Gasteiger partial charge in [-0.25, -0.2) is 9.78 Å². The number of hydrogen-bond donors (Lipinski definition) is 3. The molecule has 0 bridgehead atoms. The molecule has 0 aliphatic carbocycles. The van der Waals surface area contributed by atoms with Crippen molar-refractivity contribution in [1.29, 1.82) is 0 Å². The number of aromatic nitrogens is 1. The van der Waals surface area contributed by atoms with E-state index in [1.165, 1.54) is 23.5 Å². The lowest BCUT2D eigenvalue weighted by atomic mass is 9.95. The predicted molar refractivity (Wildman–Crippen MR) is 117 cm³/mol. The number of carbonyl (C=O) groups is 1. The highest BCUT2D eigenvalue weighted by atomic mass is 35.5. The van der Waals surface area contributed by atoms with Gasteiger partial charge in [0.25, 0.3) is 0 Å². The smallest absolute Gasteiger partial charge is 0.404 e. The summed E-state index contributed by atoms with van der Waals surface area (Å²) >= 11 is 7.23. The number of rotatable bonds is 4. The number of anilines is 1. The van der Waals surface area contributed by atoms with Gasteiger partial charge in [0.1, 0.15) is 10.8 Å². The maximum atomic E-state index is 12.8. The fourth-order valence-electron chi connectivity index (χ4n) is 3.31. The van der Waals surface area contributed by atoms with Gasteiger partial charge in [-0.3, -0.25) is 0 Å². The van der Waals surface area contributed by atoms with Crippen LogP contribution in [0.15, 0.2) is 53.5 Å². The SMILES string of the molecule is CC1=C(c2nc(-c3ccc(N)cc3)cs2)C(c2ccc(Cl)c(OC(F)(F)F)c2)NC(=O)N1. The first kappa shape index (κ1) is 22.0. The fraction of sp³-hybridized carbons (Fsp3) is 0.143. The summed E-state index contributed by atoms with van der Waals surface area (Å²) in [7, 11) is 0. The molecule has 0 saturated carbocycles. The number of carbonyl (C=O) groups excluding carboxylic acids is 1. The van der Waals surface area contributed by atoms with Gasteiger partial charge in [0.15, 0.2) is 0 Å². The molecule has 2 aromatic carbocycles. The second-order valence-corrected chi connectivity index (χ2v) is 8.23. The fourth-order valence-corrected chi connectivity index (χ4v) is 4.43. The minimum absolute atomic E-state index is 0.200. The molecule has 3 aromatic rings. The topological polar surface area (TPSA) is 89.3 Å². The number of amides is 2. The average molecular weight is 481 g/mol. The highest BCUT2D eigenvalue weighted by molar-refractivity contribution is 7.11. The molecule has 1 aromatic heterocycles. The lowest BCUT2D eigenvalue weighted by Gasteiger charge is -2.28. The lowest BCUT2D eigenvalue weighted by molar-refractivity contribution is -0.274. The van der Waals surface area contributed by atoms with Crippen LogP contribution in [-0.2, 0) is 0 Å². The minimum Gasteiger partial charge on any atom is -0.404 e. The minimum atomic E-state index is -4.91. The maximum absolute atomic E-state index is 12.8. The Kier molecular flexibility index (Phi) is 5.74. The van der Waals surface area contributed by atoms with E-state index >= 15 is 0 Å². The van der Waals surface area contributed by atoms with Gasteiger partial charge in [-0.2, -0.15) is 0 Å².